The second-order valence-electron chi connectivity index (χ2n) is 4.66. The van der Waals surface area contributed by atoms with Crippen molar-refractivity contribution in [2.75, 3.05) is 0 Å². The van der Waals surface area contributed by atoms with Gasteiger partial charge in [-0.2, -0.15) is 0 Å². The number of rotatable bonds is 2. The van der Waals surface area contributed by atoms with Crippen LogP contribution < -0.4 is 0 Å². The summed E-state index contributed by atoms with van der Waals surface area (Å²) in [4.78, 5) is 1.20. The SMILES string of the molecule is Cc1ccsc1C(O)C1CCCCCC1. The Bertz CT molecular complexity index is 297. The summed E-state index contributed by atoms with van der Waals surface area (Å²) < 4.78 is 0. The van der Waals surface area contributed by atoms with Crippen LogP contribution in [0.25, 0.3) is 0 Å². The van der Waals surface area contributed by atoms with Gasteiger partial charge in [-0.1, -0.05) is 25.7 Å². The molecular formula is C13H20OS. The summed E-state index contributed by atoms with van der Waals surface area (Å²) in [5.74, 6) is 0.504. The first-order valence-corrected chi connectivity index (χ1v) is 6.89. The van der Waals surface area contributed by atoms with Crippen LogP contribution in [0.3, 0.4) is 0 Å². The largest absolute Gasteiger partial charge is 0.387 e. The van der Waals surface area contributed by atoms with Crippen molar-refractivity contribution >= 4 is 11.3 Å². The van der Waals surface area contributed by atoms with Gasteiger partial charge in [0, 0.05) is 4.88 Å². The highest BCUT2D eigenvalue weighted by Crippen LogP contribution is 2.36. The Morgan fingerprint density at radius 3 is 2.47 bits per heavy atom. The lowest BCUT2D eigenvalue weighted by Gasteiger charge is -2.20. The fraction of sp³-hybridized carbons (Fsp3) is 0.692. The van der Waals surface area contributed by atoms with Crippen molar-refractivity contribution in [2.24, 2.45) is 5.92 Å². The van der Waals surface area contributed by atoms with Gasteiger partial charge in [-0.25, -0.2) is 0 Å². The lowest BCUT2D eigenvalue weighted by atomic mass is 9.92. The zero-order valence-electron chi connectivity index (χ0n) is 9.41. The van der Waals surface area contributed by atoms with Gasteiger partial charge < -0.3 is 5.11 Å². The summed E-state index contributed by atoms with van der Waals surface area (Å²) in [7, 11) is 0. The Kier molecular flexibility index (Phi) is 3.81. The molecule has 1 aromatic rings. The first-order chi connectivity index (χ1) is 7.29. The minimum Gasteiger partial charge on any atom is -0.387 e. The van der Waals surface area contributed by atoms with Crippen molar-refractivity contribution in [1.82, 2.24) is 0 Å². The van der Waals surface area contributed by atoms with E-state index in [2.05, 4.69) is 18.4 Å². The predicted molar refractivity (Wildman–Crippen MR) is 65.2 cm³/mol. The molecule has 0 aromatic carbocycles. The summed E-state index contributed by atoms with van der Waals surface area (Å²) in [5.41, 5.74) is 1.26. The van der Waals surface area contributed by atoms with Crippen LogP contribution in [0.1, 0.15) is 55.1 Å². The molecule has 84 valence electrons. The fourth-order valence-corrected chi connectivity index (χ4v) is 3.53. The average molecular weight is 224 g/mol. The average Bonchev–Trinajstić information content (AvgIpc) is 2.53. The quantitative estimate of drug-likeness (QED) is 0.751. The summed E-state index contributed by atoms with van der Waals surface area (Å²) in [5, 5.41) is 12.4. The molecule has 1 nitrogen and oxygen atoms in total. The first-order valence-electron chi connectivity index (χ1n) is 6.01. The molecule has 1 aliphatic carbocycles. The van der Waals surface area contributed by atoms with E-state index in [1.807, 2.05) is 0 Å². The molecule has 0 bridgehead atoms. The van der Waals surface area contributed by atoms with Crippen LogP contribution in [0, 0.1) is 12.8 Å². The smallest absolute Gasteiger partial charge is 0.0912 e. The topological polar surface area (TPSA) is 20.2 Å². The normalized spacial score (nSPS) is 21.2. The van der Waals surface area contributed by atoms with Gasteiger partial charge in [0.1, 0.15) is 0 Å². The number of thiophene rings is 1. The molecule has 0 radical (unpaired) electrons. The summed E-state index contributed by atoms with van der Waals surface area (Å²) >= 11 is 1.71. The van der Waals surface area contributed by atoms with Crippen LogP contribution >= 0.6 is 11.3 Å². The lowest BCUT2D eigenvalue weighted by molar-refractivity contribution is 0.102. The van der Waals surface area contributed by atoms with Gasteiger partial charge in [-0.05, 0) is 42.7 Å². The Labute approximate surface area is 96.1 Å². The minimum absolute atomic E-state index is 0.205. The Morgan fingerprint density at radius 1 is 1.27 bits per heavy atom. The third kappa shape index (κ3) is 2.61. The Balaban J connectivity index is 2.06. The third-order valence-corrected chi connectivity index (χ3v) is 4.61. The van der Waals surface area contributed by atoms with E-state index < -0.39 is 0 Å². The molecular weight excluding hydrogens is 204 g/mol. The molecule has 1 aliphatic rings. The summed E-state index contributed by atoms with van der Waals surface area (Å²) in [6, 6.07) is 2.11. The molecule has 1 atom stereocenters. The number of hydrogen-bond donors (Lipinski definition) is 1. The zero-order valence-corrected chi connectivity index (χ0v) is 10.2. The monoisotopic (exact) mass is 224 g/mol. The molecule has 1 N–H and O–H groups in total. The molecule has 2 rings (SSSR count). The molecule has 0 spiro atoms. The van der Waals surface area contributed by atoms with Crippen LogP contribution in [0.5, 0.6) is 0 Å². The minimum atomic E-state index is -0.205. The van der Waals surface area contributed by atoms with Gasteiger partial charge in [0.15, 0.2) is 0 Å². The summed E-state index contributed by atoms with van der Waals surface area (Å²) in [6.45, 7) is 2.10. The van der Waals surface area contributed by atoms with Crippen molar-refractivity contribution in [3.63, 3.8) is 0 Å². The number of aryl methyl sites for hydroxylation is 1. The van der Waals surface area contributed by atoms with Crippen molar-refractivity contribution < 1.29 is 5.11 Å². The predicted octanol–water partition coefficient (Wildman–Crippen LogP) is 4.06. The van der Waals surface area contributed by atoms with Crippen molar-refractivity contribution in [3.05, 3.63) is 21.9 Å². The van der Waals surface area contributed by atoms with Gasteiger partial charge >= 0.3 is 0 Å². The van der Waals surface area contributed by atoms with Gasteiger partial charge in [-0.3, -0.25) is 0 Å². The summed E-state index contributed by atoms with van der Waals surface area (Å²) in [6.07, 6.45) is 7.51. The van der Waals surface area contributed by atoms with Crippen LogP contribution in [0.2, 0.25) is 0 Å². The molecule has 1 aromatic heterocycles. The van der Waals surface area contributed by atoms with E-state index in [0.29, 0.717) is 5.92 Å². The fourth-order valence-electron chi connectivity index (χ4n) is 2.53. The number of aliphatic hydroxyl groups excluding tert-OH is 1. The van der Waals surface area contributed by atoms with E-state index in [0.717, 1.165) is 0 Å². The zero-order chi connectivity index (χ0) is 10.7. The molecule has 0 saturated heterocycles. The van der Waals surface area contributed by atoms with Crippen molar-refractivity contribution in [2.45, 2.75) is 51.6 Å². The maximum atomic E-state index is 10.4. The maximum Gasteiger partial charge on any atom is 0.0912 e. The van der Waals surface area contributed by atoms with Gasteiger partial charge in [-0.15, -0.1) is 11.3 Å². The van der Waals surface area contributed by atoms with Crippen molar-refractivity contribution in [3.8, 4) is 0 Å². The second kappa shape index (κ2) is 5.13. The van der Waals surface area contributed by atoms with E-state index in [9.17, 15) is 5.11 Å². The highest BCUT2D eigenvalue weighted by atomic mass is 32.1. The van der Waals surface area contributed by atoms with Crippen molar-refractivity contribution in [1.29, 1.82) is 0 Å². The molecule has 0 amide bonds. The molecule has 1 heterocycles. The molecule has 15 heavy (non-hydrogen) atoms. The molecule has 1 unspecified atom stereocenters. The van der Waals surface area contributed by atoms with E-state index in [1.54, 1.807) is 11.3 Å². The number of aliphatic hydroxyl groups is 1. The van der Waals surface area contributed by atoms with Crippen LogP contribution in [-0.2, 0) is 0 Å². The van der Waals surface area contributed by atoms with Crippen LogP contribution in [0.4, 0.5) is 0 Å². The molecule has 2 heteroatoms. The highest BCUT2D eigenvalue weighted by Gasteiger charge is 2.23. The second-order valence-corrected chi connectivity index (χ2v) is 5.61. The van der Waals surface area contributed by atoms with Crippen LogP contribution in [-0.4, -0.2) is 5.11 Å². The van der Waals surface area contributed by atoms with Crippen LogP contribution in [0.15, 0.2) is 11.4 Å². The Morgan fingerprint density at radius 2 is 1.93 bits per heavy atom. The Hall–Kier alpha value is -0.340. The van der Waals surface area contributed by atoms with Gasteiger partial charge in [0.2, 0.25) is 0 Å². The van der Waals surface area contributed by atoms with E-state index in [1.165, 1.54) is 49.0 Å². The molecule has 1 saturated carbocycles. The maximum absolute atomic E-state index is 10.4. The highest BCUT2D eigenvalue weighted by molar-refractivity contribution is 7.10. The van der Waals surface area contributed by atoms with Gasteiger partial charge in [0.25, 0.3) is 0 Å². The van der Waals surface area contributed by atoms with Gasteiger partial charge in [0.05, 0.1) is 6.10 Å². The third-order valence-electron chi connectivity index (χ3n) is 3.52. The van der Waals surface area contributed by atoms with E-state index in [4.69, 9.17) is 0 Å². The van der Waals surface area contributed by atoms with E-state index in [-0.39, 0.29) is 6.10 Å². The van der Waals surface area contributed by atoms with E-state index >= 15 is 0 Å². The first kappa shape index (κ1) is 11.2. The molecule has 0 aliphatic heterocycles. The lowest BCUT2D eigenvalue weighted by Crippen LogP contribution is -2.11. The number of hydrogen-bond acceptors (Lipinski definition) is 2. The molecule has 1 fully saturated rings. The standard InChI is InChI=1S/C13H20OS/c1-10-8-9-15-13(10)12(14)11-6-4-2-3-5-7-11/h8-9,11-12,14H,2-7H2,1H3.